The van der Waals surface area contributed by atoms with Gasteiger partial charge in [0, 0.05) is 10.7 Å². The van der Waals surface area contributed by atoms with E-state index in [1.165, 1.54) is 0 Å². The predicted molar refractivity (Wildman–Crippen MR) is 70.2 cm³/mol. The summed E-state index contributed by atoms with van der Waals surface area (Å²) in [5.41, 5.74) is 1.36. The van der Waals surface area contributed by atoms with E-state index in [2.05, 4.69) is 0 Å². The molecular weight excluding hydrogens is 250 g/mol. The standard InChI is InChI=1S/C14H10ClNO2/c15-10-5-7-11(8-6-10)16-9-18-13-4-2-1-3-12(13)14(16)17/h1-8H,9H2. The first kappa shape index (κ1) is 11.1. The van der Waals surface area contributed by atoms with Gasteiger partial charge in [-0.05, 0) is 36.4 Å². The minimum absolute atomic E-state index is 0.0563. The van der Waals surface area contributed by atoms with Crippen molar-refractivity contribution in [3.63, 3.8) is 0 Å². The van der Waals surface area contributed by atoms with Gasteiger partial charge in [0.05, 0.1) is 5.56 Å². The van der Waals surface area contributed by atoms with Crippen LogP contribution in [0.15, 0.2) is 48.5 Å². The van der Waals surface area contributed by atoms with Crippen LogP contribution in [-0.2, 0) is 0 Å². The number of anilines is 1. The molecule has 1 amide bonds. The van der Waals surface area contributed by atoms with E-state index in [0.717, 1.165) is 5.69 Å². The maximum absolute atomic E-state index is 12.3. The Labute approximate surface area is 110 Å². The lowest BCUT2D eigenvalue weighted by Gasteiger charge is -2.28. The van der Waals surface area contributed by atoms with E-state index >= 15 is 0 Å². The summed E-state index contributed by atoms with van der Waals surface area (Å²) < 4.78 is 5.56. The molecule has 2 aromatic carbocycles. The highest BCUT2D eigenvalue weighted by molar-refractivity contribution is 6.30. The normalized spacial score (nSPS) is 14.1. The molecule has 0 N–H and O–H groups in total. The van der Waals surface area contributed by atoms with Crippen LogP contribution in [0, 0.1) is 0 Å². The third-order valence-corrected chi connectivity index (χ3v) is 3.10. The molecular formula is C14H10ClNO2. The molecule has 4 heteroatoms. The number of ether oxygens (including phenoxy) is 1. The zero-order valence-corrected chi connectivity index (χ0v) is 10.2. The topological polar surface area (TPSA) is 29.5 Å². The first-order valence-corrected chi connectivity index (χ1v) is 5.93. The van der Waals surface area contributed by atoms with Gasteiger partial charge in [-0.1, -0.05) is 23.7 Å². The lowest BCUT2D eigenvalue weighted by Crippen LogP contribution is -2.38. The summed E-state index contributed by atoms with van der Waals surface area (Å²) in [4.78, 5) is 13.9. The average molecular weight is 260 g/mol. The van der Waals surface area contributed by atoms with Crippen LogP contribution in [0.3, 0.4) is 0 Å². The van der Waals surface area contributed by atoms with Crippen molar-refractivity contribution in [3.8, 4) is 5.75 Å². The molecule has 1 aliphatic heterocycles. The predicted octanol–water partition coefficient (Wildman–Crippen LogP) is 3.34. The zero-order chi connectivity index (χ0) is 12.5. The molecule has 1 aliphatic rings. The Morgan fingerprint density at radius 2 is 1.78 bits per heavy atom. The number of hydrogen-bond acceptors (Lipinski definition) is 2. The molecule has 0 bridgehead atoms. The Hall–Kier alpha value is -2.00. The zero-order valence-electron chi connectivity index (χ0n) is 9.47. The van der Waals surface area contributed by atoms with E-state index in [0.29, 0.717) is 16.3 Å². The molecule has 0 saturated heterocycles. The van der Waals surface area contributed by atoms with Gasteiger partial charge in [-0.3, -0.25) is 9.69 Å². The Balaban J connectivity index is 1.97. The van der Waals surface area contributed by atoms with Crippen LogP contribution < -0.4 is 9.64 Å². The van der Waals surface area contributed by atoms with Crippen LogP contribution in [0.5, 0.6) is 5.75 Å². The molecule has 0 fully saturated rings. The van der Waals surface area contributed by atoms with Gasteiger partial charge in [-0.2, -0.15) is 0 Å². The van der Waals surface area contributed by atoms with Gasteiger partial charge in [0.15, 0.2) is 6.73 Å². The molecule has 3 rings (SSSR count). The van der Waals surface area contributed by atoms with Crippen molar-refractivity contribution >= 4 is 23.2 Å². The van der Waals surface area contributed by atoms with E-state index in [9.17, 15) is 4.79 Å². The molecule has 0 atom stereocenters. The van der Waals surface area contributed by atoms with E-state index in [4.69, 9.17) is 16.3 Å². The number of rotatable bonds is 1. The lowest BCUT2D eigenvalue weighted by atomic mass is 10.1. The van der Waals surface area contributed by atoms with Gasteiger partial charge < -0.3 is 4.74 Å². The second kappa shape index (κ2) is 4.35. The number of nitrogens with zero attached hydrogens (tertiary/aromatic N) is 1. The van der Waals surface area contributed by atoms with Crippen LogP contribution in [0.25, 0.3) is 0 Å². The summed E-state index contributed by atoms with van der Waals surface area (Å²) in [6, 6.07) is 14.4. The maximum atomic E-state index is 12.3. The summed E-state index contributed by atoms with van der Waals surface area (Å²) in [6.45, 7) is 0.220. The minimum Gasteiger partial charge on any atom is -0.472 e. The van der Waals surface area contributed by atoms with Crippen molar-refractivity contribution in [2.75, 3.05) is 11.6 Å². The Kier molecular flexibility index (Phi) is 2.68. The van der Waals surface area contributed by atoms with Crippen LogP contribution in [-0.4, -0.2) is 12.6 Å². The van der Waals surface area contributed by atoms with Crippen molar-refractivity contribution in [2.24, 2.45) is 0 Å². The molecule has 2 aromatic rings. The minimum atomic E-state index is -0.0563. The highest BCUT2D eigenvalue weighted by Gasteiger charge is 2.26. The lowest BCUT2D eigenvalue weighted by molar-refractivity contribution is 0.0937. The number of amides is 1. The van der Waals surface area contributed by atoms with Gasteiger partial charge in [-0.25, -0.2) is 0 Å². The second-order valence-corrected chi connectivity index (χ2v) is 4.42. The first-order valence-electron chi connectivity index (χ1n) is 5.55. The summed E-state index contributed by atoms with van der Waals surface area (Å²) in [5.74, 6) is 0.576. The fourth-order valence-corrected chi connectivity index (χ4v) is 2.05. The van der Waals surface area contributed by atoms with E-state index in [1.807, 2.05) is 12.1 Å². The van der Waals surface area contributed by atoms with Crippen LogP contribution in [0.4, 0.5) is 5.69 Å². The summed E-state index contributed by atoms with van der Waals surface area (Å²) >= 11 is 5.83. The van der Waals surface area contributed by atoms with Gasteiger partial charge >= 0.3 is 0 Å². The third-order valence-electron chi connectivity index (χ3n) is 2.85. The second-order valence-electron chi connectivity index (χ2n) is 3.98. The number of fused-ring (bicyclic) bond motifs is 1. The molecule has 0 aromatic heterocycles. The number of benzene rings is 2. The average Bonchev–Trinajstić information content (AvgIpc) is 2.41. The highest BCUT2D eigenvalue weighted by Crippen LogP contribution is 2.28. The summed E-state index contributed by atoms with van der Waals surface area (Å²) in [6.07, 6.45) is 0. The number of hydrogen-bond donors (Lipinski definition) is 0. The van der Waals surface area contributed by atoms with Crippen LogP contribution >= 0.6 is 11.6 Å². The number of carbonyl (C=O) groups is 1. The van der Waals surface area contributed by atoms with Crippen molar-refractivity contribution in [2.45, 2.75) is 0 Å². The molecule has 0 radical (unpaired) electrons. The van der Waals surface area contributed by atoms with Crippen molar-refractivity contribution in [1.29, 1.82) is 0 Å². The van der Waals surface area contributed by atoms with Gasteiger partial charge in [0.25, 0.3) is 5.91 Å². The fraction of sp³-hybridized carbons (Fsp3) is 0.0714. The third kappa shape index (κ3) is 1.83. The molecule has 1 heterocycles. The molecule has 3 nitrogen and oxygen atoms in total. The van der Waals surface area contributed by atoms with E-state index in [1.54, 1.807) is 41.3 Å². The molecule has 0 aliphatic carbocycles. The largest absolute Gasteiger partial charge is 0.472 e. The van der Waals surface area contributed by atoms with Crippen LogP contribution in [0.2, 0.25) is 5.02 Å². The maximum Gasteiger partial charge on any atom is 0.264 e. The van der Waals surface area contributed by atoms with Gasteiger partial charge in [-0.15, -0.1) is 0 Å². The highest BCUT2D eigenvalue weighted by atomic mass is 35.5. The molecule has 0 saturated carbocycles. The fourth-order valence-electron chi connectivity index (χ4n) is 1.92. The Morgan fingerprint density at radius 1 is 1.06 bits per heavy atom. The van der Waals surface area contributed by atoms with Crippen molar-refractivity contribution < 1.29 is 9.53 Å². The quantitative estimate of drug-likeness (QED) is 0.786. The monoisotopic (exact) mass is 259 g/mol. The SMILES string of the molecule is O=C1c2ccccc2OCN1c1ccc(Cl)cc1. The first-order chi connectivity index (χ1) is 8.75. The van der Waals surface area contributed by atoms with Crippen molar-refractivity contribution in [3.05, 3.63) is 59.1 Å². The number of carbonyl (C=O) groups excluding carboxylic acids is 1. The van der Waals surface area contributed by atoms with E-state index in [-0.39, 0.29) is 12.6 Å². The smallest absolute Gasteiger partial charge is 0.264 e. The van der Waals surface area contributed by atoms with Gasteiger partial charge in [0.2, 0.25) is 0 Å². The Morgan fingerprint density at radius 3 is 2.56 bits per heavy atom. The van der Waals surface area contributed by atoms with E-state index < -0.39 is 0 Å². The molecule has 90 valence electrons. The van der Waals surface area contributed by atoms with Crippen molar-refractivity contribution in [1.82, 2.24) is 0 Å². The molecule has 18 heavy (non-hydrogen) atoms. The summed E-state index contributed by atoms with van der Waals surface area (Å²) in [5, 5.41) is 0.643. The number of para-hydroxylation sites is 1. The molecule has 0 spiro atoms. The van der Waals surface area contributed by atoms with Gasteiger partial charge in [0.1, 0.15) is 5.75 Å². The number of halogens is 1. The Bertz CT molecular complexity index is 595. The van der Waals surface area contributed by atoms with Crippen LogP contribution in [0.1, 0.15) is 10.4 Å². The summed E-state index contributed by atoms with van der Waals surface area (Å²) in [7, 11) is 0. The molecule has 0 unspecified atom stereocenters.